The van der Waals surface area contributed by atoms with Crippen LogP contribution in [0.3, 0.4) is 0 Å². The first-order valence-electron chi connectivity index (χ1n) is 28.7. The Morgan fingerprint density at radius 2 is 1.71 bits per heavy atom. The van der Waals surface area contributed by atoms with E-state index in [0.29, 0.717) is 48.0 Å². The van der Waals surface area contributed by atoms with Gasteiger partial charge in [0.1, 0.15) is 28.9 Å². The Kier molecular flexibility index (Phi) is 16.9. The maximum atomic E-state index is 14.2. The number of aromatic nitrogens is 2. The highest BCUT2D eigenvalue weighted by Crippen LogP contribution is 2.44. The van der Waals surface area contributed by atoms with Crippen molar-refractivity contribution in [3.63, 3.8) is 0 Å². The van der Waals surface area contributed by atoms with E-state index in [1.165, 1.54) is 47.2 Å². The standard InChI is InChI=1S/C63H65ClN10O10S/c1-63(2)23-21-44(52(35-63)42-10-12-45(64)13-11-42)39-71-27-29-72(30-28-71)46-14-17-50(56(33-46)84-47-32-43-22-24-65-58(43)67-37-47)59(76)69-85(82,83)48-15-18-53(55(34-48)74(80)81)66-36-41-8-6-26-70(38-41)25-5-3-4-7-40-9-16-49-51(31-40)62(79)73(61(49)78)54-19-20-57(75)68-60(54)77/h9-18,22,24,31-34,37,41,54,66H,3,5-6,8,19-21,23,25-30,35-36,38-39H2,1-2H3,(H,65,67)(H,69,76)(H,68,75,77). The molecule has 22 heteroatoms. The van der Waals surface area contributed by atoms with Crippen LogP contribution in [0.4, 0.5) is 17.1 Å². The van der Waals surface area contributed by atoms with Gasteiger partial charge in [-0.1, -0.05) is 55.0 Å². The molecule has 5 amide bonds. The van der Waals surface area contributed by atoms with E-state index in [9.17, 15) is 42.5 Å². The number of aromatic amines is 1. The number of piperidine rings is 2. The molecule has 2 atom stereocenters. The first-order chi connectivity index (χ1) is 40.8. The average molecular weight is 1190 g/mol. The number of pyridine rings is 1. The Balaban J connectivity index is 0.705. The zero-order valence-corrected chi connectivity index (χ0v) is 48.8. The molecule has 0 radical (unpaired) electrons. The number of hydrogen-bond acceptors (Lipinski definition) is 15. The first kappa shape index (κ1) is 58.4. The molecule has 20 nitrogen and oxygen atoms in total. The third-order valence-electron chi connectivity index (χ3n) is 16.7. The number of nitro groups is 1. The predicted octanol–water partition coefficient (Wildman–Crippen LogP) is 9.18. The van der Waals surface area contributed by atoms with Gasteiger partial charge in [-0.15, -0.1) is 0 Å². The number of sulfonamides is 1. The number of allylic oxidation sites excluding steroid dienone is 1. The second-order valence-corrected chi connectivity index (χ2v) is 25.4. The Morgan fingerprint density at radius 3 is 2.49 bits per heavy atom. The molecular formula is C63H65ClN10O10S. The van der Waals surface area contributed by atoms with Gasteiger partial charge in [-0.3, -0.25) is 49.2 Å². The molecule has 2 unspecified atom stereocenters. The fourth-order valence-corrected chi connectivity index (χ4v) is 13.2. The Hall–Kier alpha value is -8.42. The number of piperazine rings is 1. The molecule has 4 aliphatic heterocycles. The molecule has 6 heterocycles. The van der Waals surface area contributed by atoms with Gasteiger partial charge in [-0.2, -0.15) is 0 Å². The van der Waals surface area contributed by atoms with Gasteiger partial charge in [-0.25, -0.2) is 18.1 Å². The molecule has 1 aliphatic carbocycles. The smallest absolute Gasteiger partial charge is 0.293 e. The summed E-state index contributed by atoms with van der Waals surface area (Å²) in [7, 11) is -4.65. The number of carbonyl (C=O) groups is 5. The summed E-state index contributed by atoms with van der Waals surface area (Å²) >= 11 is 6.27. The van der Waals surface area contributed by atoms with E-state index < -0.39 is 61.1 Å². The monoisotopic (exact) mass is 1190 g/mol. The van der Waals surface area contributed by atoms with Crippen molar-refractivity contribution < 1.29 is 42.1 Å². The van der Waals surface area contributed by atoms with E-state index in [1.807, 2.05) is 18.2 Å². The van der Waals surface area contributed by atoms with Gasteiger partial charge in [0.05, 0.1) is 32.7 Å². The second-order valence-electron chi connectivity index (χ2n) is 23.2. The summed E-state index contributed by atoms with van der Waals surface area (Å²) in [6.45, 7) is 11.2. The topological polar surface area (TPSA) is 250 Å². The van der Waals surface area contributed by atoms with Gasteiger partial charge in [0.2, 0.25) is 11.8 Å². The number of carbonyl (C=O) groups excluding carboxylic acids is 5. The number of nitro benzene ring substituents is 1. The van der Waals surface area contributed by atoms with E-state index in [4.69, 9.17) is 16.3 Å². The number of unbranched alkanes of at least 4 members (excludes halogenated alkanes) is 1. The van der Waals surface area contributed by atoms with Crippen LogP contribution in [0.2, 0.25) is 5.02 Å². The molecule has 11 rings (SSSR count). The normalized spacial score (nSPS) is 19.3. The number of fused-ring (bicyclic) bond motifs is 2. The van der Waals surface area contributed by atoms with E-state index in [2.05, 4.69) is 77.8 Å². The van der Waals surface area contributed by atoms with Crippen LogP contribution in [0.1, 0.15) is 114 Å². The Bertz CT molecular complexity index is 3860. The molecule has 5 aliphatic rings. The fourth-order valence-electron chi connectivity index (χ4n) is 12.1. The molecule has 85 heavy (non-hydrogen) atoms. The molecule has 3 fully saturated rings. The lowest BCUT2D eigenvalue weighted by Gasteiger charge is -2.39. The molecule has 0 saturated carbocycles. The number of likely N-dealkylation sites (tertiary alicyclic amines) is 1. The van der Waals surface area contributed by atoms with E-state index in [1.54, 1.807) is 36.5 Å². The van der Waals surface area contributed by atoms with Crippen LogP contribution in [-0.2, 0) is 19.6 Å². The number of imide groups is 2. The van der Waals surface area contributed by atoms with Crippen molar-refractivity contribution in [1.29, 1.82) is 0 Å². The summed E-state index contributed by atoms with van der Waals surface area (Å²) in [5.41, 5.74) is 6.20. The lowest BCUT2D eigenvalue weighted by atomic mass is 9.72. The lowest BCUT2D eigenvalue weighted by molar-refractivity contribution is -0.384. The highest BCUT2D eigenvalue weighted by atomic mass is 35.5. The van der Waals surface area contributed by atoms with Gasteiger partial charge in [0.15, 0.2) is 0 Å². The van der Waals surface area contributed by atoms with Crippen LogP contribution in [0.15, 0.2) is 114 Å². The number of nitrogens with zero attached hydrogens (tertiary/aromatic N) is 6. The maximum absolute atomic E-state index is 14.2. The third kappa shape index (κ3) is 13.3. The number of rotatable bonds is 17. The van der Waals surface area contributed by atoms with E-state index >= 15 is 0 Å². The molecule has 3 saturated heterocycles. The number of ether oxygens (including phenoxy) is 1. The Labute approximate surface area is 497 Å². The quantitative estimate of drug-likeness (QED) is 0.0218. The van der Waals surface area contributed by atoms with Gasteiger partial charge in [-0.05, 0) is 147 Å². The van der Waals surface area contributed by atoms with Gasteiger partial charge in [0.25, 0.3) is 33.4 Å². The summed E-state index contributed by atoms with van der Waals surface area (Å²) in [5.74, 6) is 3.52. The summed E-state index contributed by atoms with van der Waals surface area (Å²) in [4.78, 5) is 91.4. The van der Waals surface area contributed by atoms with Crippen LogP contribution in [0.25, 0.3) is 16.6 Å². The highest BCUT2D eigenvalue weighted by molar-refractivity contribution is 7.90. The summed E-state index contributed by atoms with van der Waals surface area (Å²) in [6.07, 6.45) is 9.60. The summed E-state index contributed by atoms with van der Waals surface area (Å²) < 4.78 is 36.5. The number of amides is 5. The average Bonchev–Trinajstić information content (AvgIpc) is 2.25. The fraction of sp³-hybridized carbons (Fsp3) is 0.365. The third-order valence-corrected chi connectivity index (χ3v) is 18.3. The summed E-state index contributed by atoms with van der Waals surface area (Å²) in [6, 6.07) is 24.0. The SMILES string of the molecule is CC1(C)CCC(CN2CCN(c3ccc(C(=O)NS(=O)(=O)c4ccc(NCC5CCCN(CCCC#Cc6ccc7c(c6)C(=O)N(C6CCC(=O)NC6=O)C7=O)C5)c([N+](=O)[O-])c4)c(Oc4cnc5[nH]ccc5c4)c3)CC2)=C(c2ccc(Cl)cc2)C1. The number of anilines is 2. The molecule has 4 N–H and O–H groups in total. The van der Waals surface area contributed by atoms with Crippen LogP contribution in [0, 0.1) is 33.3 Å². The van der Waals surface area contributed by atoms with Crippen molar-refractivity contribution >= 4 is 84.8 Å². The van der Waals surface area contributed by atoms with Crippen LogP contribution in [-0.4, -0.2) is 132 Å². The predicted molar refractivity (Wildman–Crippen MR) is 322 cm³/mol. The number of halogens is 1. The van der Waals surface area contributed by atoms with Crippen molar-refractivity contribution in [3.8, 4) is 23.3 Å². The van der Waals surface area contributed by atoms with E-state index in [0.717, 1.165) is 99.8 Å². The zero-order valence-electron chi connectivity index (χ0n) is 47.2. The minimum atomic E-state index is -4.65. The van der Waals surface area contributed by atoms with Crippen LogP contribution >= 0.6 is 11.6 Å². The van der Waals surface area contributed by atoms with Crippen molar-refractivity contribution in [2.24, 2.45) is 11.3 Å². The summed E-state index contributed by atoms with van der Waals surface area (Å²) in [5, 5.41) is 19.4. The lowest BCUT2D eigenvalue weighted by Crippen LogP contribution is -2.54. The van der Waals surface area contributed by atoms with Gasteiger partial charge < -0.3 is 24.8 Å². The molecule has 2 aromatic heterocycles. The molecule has 440 valence electrons. The minimum absolute atomic E-state index is 0.0348. The molecule has 0 bridgehead atoms. The van der Waals surface area contributed by atoms with Crippen LogP contribution in [0.5, 0.6) is 11.5 Å². The molecule has 0 spiro atoms. The van der Waals surface area contributed by atoms with Crippen molar-refractivity contribution in [2.45, 2.75) is 82.6 Å². The molecule has 6 aromatic rings. The second kappa shape index (κ2) is 24.7. The Morgan fingerprint density at radius 1 is 0.906 bits per heavy atom. The van der Waals surface area contributed by atoms with Crippen molar-refractivity contribution in [1.82, 2.24) is 34.7 Å². The maximum Gasteiger partial charge on any atom is 0.293 e. The van der Waals surface area contributed by atoms with Crippen LogP contribution < -0.4 is 25.0 Å². The van der Waals surface area contributed by atoms with E-state index in [-0.39, 0.29) is 52.3 Å². The number of benzene rings is 4. The van der Waals surface area contributed by atoms with Gasteiger partial charge >= 0.3 is 0 Å². The zero-order chi connectivity index (χ0) is 59.6. The number of nitrogens with one attached hydrogen (secondary N) is 4. The molecular weight excluding hydrogens is 1120 g/mol. The van der Waals surface area contributed by atoms with Gasteiger partial charge in [0, 0.05) is 98.6 Å². The van der Waals surface area contributed by atoms with Crippen molar-refractivity contribution in [2.75, 3.05) is 69.1 Å². The van der Waals surface area contributed by atoms with Crippen molar-refractivity contribution in [3.05, 3.63) is 152 Å². The molecule has 4 aromatic carbocycles. The minimum Gasteiger partial charge on any atom is -0.455 e. The highest BCUT2D eigenvalue weighted by Gasteiger charge is 2.45. The number of H-pyrrole nitrogens is 1. The number of hydrogen-bond donors (Lipinski definition) is 4. The largest absolute Gasteiger partial charge is 0.455 e. The first-order valence-corrected chi connectivity index (χ1v) is 30.6.